The molecule has 1 fully saturated rings. The van der Waals surface area contributed by atoms with Gasteiger partial charge < -0.3 is 9.64 Å². The highest BCUT2D eigenvalue weighted by atomic mass is 32.2. The fourth-order valence-electron chi connectivity index (χ4n) is 3.70. The van der Waals surface area contributed by atoms with Crippen molar-refractivity contribution in [2.75, 3.05) is 20.1 Å². The molecule has 4 rings (SSSR count). The molecule has 0 spiro atoms. The molecule has 0 unspecified atom stereocenters. The maximum Gasteiger partial charge on any atom is 0.274 e. The van der Waals surface area contributed by atoms with Crippen LogP contribution >= 0.6 is 11.3 Å². The fraction of sp³-hybridized carbons (Fsp3) is 0.391. The van der Waals surface area contributed by atoms with Crippen LogP contribution in [0.25, 0.3) is 10.2 Å². The van der Waals surface area contributed by atoms with Crippen LogP contribution in [0.3, 0.4) is 0 Å². The standard InChI is InChI=1S/C23H25F2N3O4S2/c1-14(2)27(3)34(30,31)18-6-4-15(5-7-18)22(29)28-10-8-17(9-11-28)32-23-26-21-19(25)12-16(24)13-20(21)33-23/h4-7,12-14,17H,8-11H2,1-3H3. The van der Waals surface area contributed by atoms with E-state index in [1.165, 1.54) is 41.7 Å². The van der Waals surface area contributed by atoms with Gasteiger partial charge in [-0.25, -0.2) is 17.2 Å². The van der Waals surface area contributed by atoms with E-state index in [9.17, 15) is 22.0 Å². The molecule has 11 heteroatoms. The highest BCUT2D eigenvalue weighted by Crippen LogP contribution is 2.32. The van der Waals surface area contributed by atoms with Crippen molar-refractivity contribution in [3.8, 4) is 5.19 Å². The van der Waals surface area contributed by atoms with Gasteiger partial charge in [0, 0.05) is 50.7 Å². The first kappa shape index (κ1) is 24.5. The Morgan fingerprint density at radius 2 is 1.82 bits per heavy atom. The minimum Gasteiger partial charge on any atom is -0.467 e. The lowest BCUT2D eigenvalue weighted by atomic mass is 10.1. The lowest BCUT2D eigenvalue weighted by Gasteiger charge is -2.31. The van der Waals surface area contributed by atoms with Gasteiger partial charge in [-0.15, -0.1) is 0 Å². The van der Waals surface area contributed by atoms with Gasteiger partial charge in [-0.05, 0) is 44.2 Å². The number of carbonyl (C=O) groups is 1. The molecule has 1 aliphatic heterocycles. The Hall–Kier alpha value is -2.63. The molecular weight excluding hydrogens is 484 g/mol. The van der Waals surface area contributed by atoms with Crippen LogP contribution in [0.2, 0.25) is 0 Å². The molecule has 0 N–H and O–H groups in total. The molecular formula is C23H25F2N3O4S2. The molecule has 0 radical (unpaired) electrons. The number of nitrogens with zero attached hydrogens (tertiary/aromatic N) is 3. The van der Waals surface area contributed by atoms with Gasteiger partial charge in [0.1, 0.15) is 17.4 Å². The Labute approximate surface area is 201 Å². The highest BCUT2D eigenvalue weighted by Gasteiger charge is 2.27. The number of benzene rings is 2. The third-order valence-electron chi connectivity index (χ3n) is 5.90. The Morgan fingerprint density at radius 1 is 1.18 bits per heavy atom. The van der Waals surface area contributed by atoms with Gasteiger partial charge in [-0.2, -0.15) is 9.29 Å². The predicted molar refractivity (Wildman–Crippen MR) is 126 cm³/mol. The Morgan fingerprint density at radius 3 is 2.44 bits per heavy atom. The summed E-state index contributed by atoms with van der Waals surface area (Å²) >= 11 is 1.08. The summed E-state index contributed by atoms with van der Waals surface area (Å²) in [5, 5.41) is 0.271. The number of amides is 1. The molecule has 7 nitrogen and oxygen atoms in total. The van der Waals surface area contributed by atoms with Crippen LogP contribution in [0.4, 0.5) is 8.78 Å². The van der Waals surface area contributed by atoms with Gasteiger partial charge in [0.05, 0.1) is 9.60 Å². The van der Waals surface area contributed by atoms with Crippen LogP contribution in [0, 0.1) is 11.6 Å². The second-order valence-electron chi connectivity index (χ2n) is 8.46. The van der Waals surface area contributed by atoms with Crippen molar-refractivity contribution in [1.82, 2.24) is 14.2 Å². The quantitative estimate of drug-likeness (QED) is 0.495. The first-order valence-electron chi connectivity index (χ1n) is 10.9. The van der Waals surface area contributed by atoms with E-state index in [2.05, 4.69) is 4.98 Å². The summed E-state index contributed by atoms with van der Waals surface area (Å²) in [6.07, 6.45) is 0.922. The molecule has 3 aromatic rings. The van der Waals surface area contributed by atoms with E-state index in [-0.39, 0.29) is 33.7 Å². The second-order valence-corrected chi connectivity index (χ2v) is 11.5. The van der Waals surface area contributed by atoms with Gasteiger partial charge >= 0.3 is 0 Å². The summed E-state index contributed by atoms with van der Waals surface area (Å²) in [6.45, 7) is 4.48. The summed E-state index contributed by atoms with van der Waals surface area (Å²) in [4.78, 5) is 18.8. The molecule has 1 aromatic heterocycles. The van der Waals surface area contributed by atoms with Crippen molar-refractivity contribution in [1.29, 1.82) is 0 Å². The maximum absolute atomic E-state index is 13.9. The molecule has 2 aromatic carbocycles. The van der Waals surface area contributed by atoms with Gasteiger partial charge in [0.15, 0.2) is 5.82 Å². The summed E-state index contributed by atoms with van der Waals surface area (Å²) < 4.78 is 60.0. The first-order valence-corrected chi connectivity index (χ1v) is 13.1. The van der Waals surface area contributed by atoms with Crippen LogP contribution in [0.15, 0.2) is 41.3 Å². The lowest BCUT2D eigenvalue weighted by Crippen LogP contribution is -2.41. The zero-order valence-corrected chi connectivity index (χ0v) is 20.6. The van der Waals surface area contributed by atoms with E-state index in [0.29, 0.717) is 36.2 Å². The average Bonchev–Trinajstić information content (AvgIpc) is 3.21. The molecule has 182 valence electrons. The molecule has 1 aliphatic rings. The molecule has 1 amide bonds. The van der Waals surface area contributed by atoms with E-state index in [4.69, 9.17) is 4.74 Å². The number of aromatic nitrogens is 1. The summed E-state index contributed by atoms with van der Waals surface area (Å²) in [7, 11) is -2.09. The van der Waals surface area contributed by atoms with E-state index in [1.807, 2.05) is 0 Å². The topological polar surface area (TPSA) is 79.8 Å². The smallest absolute Gasteiger partial charge is 0.274 e. The third-order valence-corrected chi connectivity index (χ3v) is 8.84. The van der Waals surface area contributed by atoms with Gasteiger partial charge in [-0.3, -0.25) is 4.79 Å². The van der Waals surface area contributed by atoms with E-state index < -0.39 is 21.7 Å². The zero-order valence-electron chi connectivity index (χ0n) is 19.0. The van der Waals surface area contributed by atoms with Crippen LogP contribution < -0.4 is 4.74 Å². The summed E-state index contributed by atoms with van der Waals surface area (Å²) in [5.41, 5.74) is 0.494. The first-order chi connectivity index (χ1) is 16.1. The zero-order chi connectivity index (χ0) is 24.6. The average molecular weight is 510 g/mol. The third kappa shape index (κ3) is 4.91. The van der Waals surface area contributed by atoms with Gasteiger partial charge in [0.25, 0.3) is 11.1 Å². The lowest BCUT2D eigenvalue weighted by molar-refractivity contribution is 0.0595. The van der Waals surface area contributed by atoms with Crippen molar-refractivity contribution in [2.45, 2.75) is 43.7 Å². The van der Waals surface area contributed by atoms with Crippen molar-refractivity contribution in [3.63, 3.8) is 0 Å². The van der Waals surface area contributed by atoms with Crippen molar-refractivity contribution >= 4 is 37.5 Å². The Bertz CT molecular complexity index is 1300. The molecule has 0 saturated carbocycles. The number of sulfonamides is 1. The minimum atomic E-state index is -3.61. The molecule has 0 bridgehead atoms. The number of fused-ring (bicyclic) bond motifs is 1. The number of likely N-dealkylation sites (tertiary alicyclic amines) is 1. The van der Waals surface area contributed by atoms with Gasteiger partial charge in [0.2, 0.25) is 10.0 Å². The second kappa shape index (κ2) is 9.55. The number of thiazole rings is 1. The number of halogens is 2. The number of piperidine rings is 1. The number of ether oxygens (including phenoxy) is 1. The summed E-state index contributed by atoms with van der Waals surface area (Å²) in [5.74, 6) is -1.57. The maximum atomic E-state index is 13.9. The SMILES string of the molecule is CC(C)N(C)S(=O)(=O)c1ccc(C(=O)N2CCC(Oc3nc4c(F)cc(F)cc4s3)CC2)cc1. The minimum absolute atomic E-state index is 0.0825. The van der Waals surface area contributed by atoms with Crippen LogP contribution in [0.5, 0.6) is 5.19 Å². The van der Waals surface area contributed by atoms with Crippen molar-refractivity contribution in [2.24, 2.45) is 0 Å². The monoisotopic (exact) mass is 509 g/mol. The number of hydrogen-bond donors (Lipinski definition) is 0. The normalized spacial score (nSPS) is 15.4. The number of rotatable bonds is 6. The molecule has 1 saturated heterocycles. The predicted octanol–water partition coefficient (Wildman–Crippen LogP) is 4.29. The van der Waals surface area contributed by atoms with Crippen molar-refractivity contribution < 1.29 is 26.7 Å². The molecule has 0 aliphatic carbocycles. The molecule has 0 atom stereocenters. The molecule has 34 heavy (non-hydrogen) atoms. The van der Waals surface area contributed by atoms with Crippen molar-refractivity contribution in [3.05, 3.63) is 53.6 Å². The van der Waals surface area contributed by atoms with Crippen LogP contribution in [-0.4, -0.2) is 60.8 Å². The number of hydrogen-bond acceptors (Lipinski definition) is 6. The summed E-state index contributed by atoms with van der Waals surface area (Å²) in [6, 6.07) is 7.79. The van der Waals surface area contributed by atoms with E-state index in [1.54, 1.807) is 18.7 Å². The number of carbonyl (C=O) groups excluding carboxylic acids is 1. The molecule has 2 heterocycles. The Kier molecular flexibility index (Phi) is 6.88. The Balaban J connectivity index is 1.37. The van der Waals surface area contributed by atoms with Gasteiger partial charge in [-0.1, -0.05) is 11.3 Å². The van der Waals surface area contributed by atoms with E-state index in [0.717, 1.165) is 17.4 Å². The van der Waals surface area contributed by atoms with Crippen LogP contribution in [0.1, 0.15) is 37.0 Å². The fourth-order valence-corrected chi connectivity index (χ4v) is 5.99. The van der Waals surface area contributed by atoms with Crippen LogP contribution in [-0.2, 0) is 10.0 Å². The highest BCUT2D eigenvalue weighted by molar-refractivity contribution is 7.89. The largest absolute Gasteiger partial charge is 0.467 e. The van der Waals surface area contributed by atoms with E-state index >= 15 is 0 Å².